The average Bonchev–Trinajstić information content (AvgIpc) is 3.24. The maximum absolute atomic E-state index is 13.5. The number of hydrogen-bond acceptors (Lipinski definition) is 3. The number of carbonyl (C=O) groups excluding carboxylic acids is 2. The SMILES string of the molecule is CC(C)CCNC(=O)c1nc(C(=O)N2c3ccccc3CC2C)n2ccccc12. The van der Waals surface area contributed by atoms with Crippen molar-refractivity contribution < 1.29 is 9.59 Å². The van der Waals surface area contributed by atoms with Crippen molar-refractivity contribution >= 4 is 23.0 Å². The number of para-hydroxylation sites is 1. The zero-order valence-electron chi connectivity index (χ0n) is 17.1. The number of nitrogens with one attached hydrogen (secondary N) is 1. The summed E-state index contributed by atoms with van der Waals surface area (Å²) in [6, 6.07) is 13.5. The molecule has 2 amide bonds. The third-order valence-electron chi connectivity index (χ3n) is 5.39. The first-order chi connectivity index (χ1) is 14.0. The highest BCUT2D eigenvalue weighted by molar-refractivity contribution is 6.08. The van der Waals surface area contributed by atoms with Crippen molar-refractivity contribution in [3.63, 3.8) is 0 Å². The number of hydrogen-bond donors (Lipinski definition) is 1. The zero-order chi connectivity index (χ0) is 20.5. The monoisotopic (exact) mass is 390 g/mol. The lowest BCUT2D eigenvalue weighted by molar-refractivity contribution is 0.0949. The molecule has 0 aliphatic carbocycles. The Morgan fingerprint density at radius 1 is 1.17 bits per heavy atom. The number of nitrogens with zero attached hydrogens (tertiary/aromatic N) is 3. The van der Waals surface area contributed by atoms with Crippen molar-refractivity contribution in [3.05, 3.63) is 65.7 Å². The highest BCUT2D eigenvalue weighted by Crippen LogP contribution is 2.33. The van der Waals surface area contributed by atoms with E-state index in [0.29, 0.717) is 18.0 Å². The van der Waals surface area contributed by atoms with Gasteiger partial charge in [-0.05, 0) is 49.4 Å². The fourth-order valence-electron chi connectivity index (χ4n) is 3.90. The Labute approximate surface area is 170 Å². The summed E-state index contributed by atoms with van der Waals surface area (Å²) < 4.78 is 1.72. The van der Waals surface area contributed by atoms with Crippen LogP contribution in [-0.2, 0) is 6.42 Å². The molecule has 0 radical (unpaired) electrons. The molecule has 1 aromatic carbocycles. The van der Waals surface area contributed by atoms with Crippen LogP contribution in [0.3, 0.4) is 0 Å². The van der Waals surface area contributed by atoms with Gasteiger partial charge in [-0.25, -0.2) is 4.98 Å². The number of anilines is 1. The van der Waals surface area contributed by atoms with Crippen LogP contribution in [0.1, 0.15) is 53.9 Å². The van der Waals surface area contributed by atoms with Crippen molar-refractivity contribution in [2.45, 2.75) is 39.7 Å². The molecule has 4 rings (SSSR count). The van der Waals surface area contributed by atoms with Gasteiger partial charge in [0.15, 0.2) is 5.69 Å². The molecular weight excluding hydrogens is 364 g/mol. The van der Waals surface area contributed by atoms with E-state index in [1.807, 2.05) is 43.3 Å². The van der Waals surface area contributed by atoms with Crippen LogP contribution >= 0.6 is 0 Å². The number of benzene rings is 1. The Hall–Kier alpha value is -3.15. The fourth-order valence-corrected chi connectivity index (χ4v) is 3.90. The molecule has 1 unspecified atom stereocenters. The van der Waals surface area contributed by atoms with Crippen LogP contribution in [0.4, 0.5) is 5.69 Å². The van der Waals surface area contributed by atoms with Gasteiger partial charge in [-0.15, -0.1) is 0 Å². The highest BCUT2D eigenvalue weighted by Gasteiger charge is 2.34. The number of fused-ring (bicyclic) bond motifs is 2. The van der Waals surface area contributed by atoms with Gasteiger partial charge in [-0.1, -0.05) is 38.1 Å². The summed E-state index contributed by atoms with van der Waals surface area (Å²) in [7, 11) is 0. The molecule has 29 heavy (non-hydrogen) atoms. The summed E-state index contributed by atoms with van der Waals surface area (Å²) in [5.41, 5.74) is 3.00. The summed E-state index contributed by atoms with van der Waals surface area (Å²) in [5.74, 6) is 0.328. The van der Waals surface area contributed by atoms with Crippen molar-refractivity contribution in [3.8, 4) is 0 Å². The summed E-state index contributed by atoms with van der Waals surface area (Å²) in [6.07, 6.45) is 3.49. The molecule has 0 saturated heterocycles. The van der Waals surface area contributed by atoms with Crippen molar-refractivity contribution in [2.24, 2.45) is 5.92 Å². The van der Waals surface area contributed by atoms with Crippen LogP contribution in [0.15, 0.2) is 48.7 Å². The molecule has 1 aliphatic heterocycles. The molecular formula is C23H26N4O2. The fraction of sp³-hybridized carbons (Fsp3) is 0.348. The maximum Gasteiger partial charge on any atom is 0.294 e. The molecule has 0 spiro atoms. The van der Waals surface area contributed by atoms with Gasteiger partial charge in [0.05, 0.1) is 5.52 Å². The average molecular weight is 390 g/mol. The van der Waals surface area contributed by atoms with E-state index in [1.54, 1.807) is 15.5 Å². The quantitative estimate of drug-likeness (QED) is 0.722. The van der Waals surface area contributed by atoms with Gasteiger partial charge in [-0.2, -0.15) is 0 Å². The third kappa shape index (κ3) is 3.50. The molecule has 2 aromatic heterocycles. The first-order valence-electron chi connectivity index (χ1n) is 10.1. The predicted molar refractivity (Wildman–Crippen MR) is 113 cm³/mol. The molecule has 6 nitrogen and oxygen atoms in total. The minimum Gasteiger partial charge on any atom is -0.351 e. The van der Waals surface area contributed by atoms with Gasteiger partial charge >= 0.3 is 0 Å². The van der Waals surface area contributed by atoms with Gasteiger partial charge in [-0.3, -0.25) is 14.0 Å². The van der Waals surface area contributed by atoms with E-state index in [1.165, 1.54) is 0 Å². The first-order valence-corrected chi connectivity index (χ1v) is 10.1. The molecule has 1 aliphatic rings. The van der Waals surface area contributed by atoms with E-state index in [4.69, 9.17) is 0 Å². The topological polar surface area (TPSA) is 66.7 Å². The molecule has 150 valence electrons. The van der Waals surface area contributed by atoms with Crippen molar-refractivity contribution in [1.29, 1.82) is 0 Å². The normalized spacial score (nSPS) is 15.7. The lowest BCUT2D eigenvalue weighted by atomic mass is 10.1. The summed E-state index contributed by atoms with van der Waals surface area (Å²) in [4.78, 5) is 32.5. The van der Waals surface area contributed by atoms with Gasteiger partial charge in [0.1, 0.15) is 0 Å². The smallest absolute Gasteiger partial charge is 0.294 e. The summed E-state index contributed by atoms with van der Waals surface area (Å²) in [5, 5.41) is 2.93. The Balaban J connectivity index is 1.70. The van der Waals surface area contributed by atoms with Gasteiger partial charge in [0.2, 0.25) is 5.82 Å². The number of amides is 2. The van der Waals surface area contributed by atoms with Gasteiger partial charge < -0.3 is 10.2 Å². The second-order valence-corrected chi connectivity index (χ2v) is 8.04. The molecule has 0 fully saturated rings. The Morgan fingerprint density at radius 3 is 2.72 bits per heavy atom. The lowest BCUT2D eigenvalue weighted by Gasteiger charge is -2.21. The lowest BCUT2D eigenvalue weighted by Crippen LogP contribution is -2.37. The van der Waals surface area contributed by atoms with Crippen molar-refractivity contribution in [1.82, 2.24) is 14.7 Å². The second-order valence-electron chi connectivity index (χ2n) is 8.04. The molecule has 3 aromatic rings. The standard InChI is InChI=1S/C23H26N4O2/c1-15(2)11-12-24-22(28)20-19-10-6-7-13-26(19)21(25-20)23(29)27-16(3)14-17-8-4-5-9-18(17)27/h4-10,13,15-16H,11-12,14H2,1-3H3,(H,24,28). The van der Waals surface area contributed by atoms with Crippen LogP contribution in [0.5, 0.6) is 0 Å². The number of pyridine rings is 1. The minimum atomic E-state index is -0.247. The van der Waals surface area contributed by atoms with Crippen LogP contribution in [-0.4, -0.2) is 33.8 Å². The number of carbonyl (C=O) groups is 2. The predicted octanol–water partition coefficient (Wildman–Crippen LogP) is 3.70. The molecule has 0 saturated carbocycles. The third-order valence-corrected chi connectivity index (χ3v) is 5.39. The van der Waals surface area contributed by atoms with Gasteiger partial charge in [0.25, 0.3) is 11.8 Å². The van der Waals surface area contributed by atoms with E-state index in [2.05, 4.69) is 30.2 Å². The first kappa shape index (κ1) is 19.2. The van der Waals surface area contributed by atoms with Crippen LogP contribution in [0.2, 0.25) is 0 Å². The zero-order valence-corrected chi connectivity index (χ0v) is 17.1. The Bertz CT molecular complexity index is 1070. The van der Waals surface area contributed by atoms with Crippen molar-refractivity contribution in [2.75, 3.05) is 11.4 Å². The maximum atomic E-state index is 13.5. The van der Waals surface area contributed by atoms with E-state index in [9.17, 15) is 9.59 Å². The molecule has 6 heteroatoms. The molecule has 3 heterocycles. The summed E-state index contributed by atoms with van der Waals surface area (Å²) >= 11 is 0. The number of imidazole rings is 1. The molecule has 1 N–H and O–H groups in total. The molecule has 0 bridgehead atoms. The van der Waals surface area contributed by atoms with Gasteiger partial charge in [0, 0.05) is 24.5 Å². The molecule has 1 atom stereocenters. The largest absolute Gasteiger partial charge is 0.351 e. The van der Waals surface area contributed by atoms with E-state index in [0.717, 1.165) is 24.1 Å². The van der Waals surface area contributed by atoms with E-state index < -0.39 is 0 Å². The number of aromatic nitrogens is 2. The van der Waals surface area contributed by atoms with Crippen LogP contribution in [0.25, 0.3) is 5.52 Å². The summed E-state index contributed by atoms with van der Waals surface area (Å²) in [6.45, 7) is 6.85. The van der Waals surface area contributed by atoms with Crippen LogP contribution in [0, 0.1) is 5.92 Å². The Kier molecular flexibility index (Phi) is 5.09. The van der Waals surface area contributed by atoms with Crippen LogP contribution < -0.4 is 10.2 Å². The number of rotatable bonds is 5. The van der Waals surface area contributed by atoms with E-state index >= 15 is 0 Å². The highest BCUT2D eigenvalue weighted by atomic mass is 16.2. The van der Waals surface area contributed by atoms with E-state index in [-0.39, 0.29) is 29.4 Å². The minimum absolute atomic E-state index is 0.0410. The Morgan fingerprint density at radius 2 is 1.93 bits per heavy atom. The second kappa shape index (κ2) is 7.70.